The summed E-state index contributed by atoms with van der Waals surface area (Å²) in [4.78, 5) is 61.4. The molecule has 0 spiro atoms. The zero-order valence-corrected chi connectivity index (χ0v) is 21.7. The molecule has 0 rings (SSSR count). The van der Waals surface area contributed by atoms with E-state index in [4.69, 9.17) is 17.2 Å². The molecule has 4 amide bonds. The van der Waals surface area contributed by atoms with Gasteiger partial charge in [-0.15, -0.1) is 0 Å². The molecule has 13 heteroatoms. The lowest BCUT2D eigenvalue weighted by Crippen LogP contribution is -2.57. The molecule has 0 aliphatic heterocycles. The fourth-order valence-corrected chi connectivity index (χ4v) is 3.67. The number of thioether (sulfide) groups is 1. The number of unbranched alkanes of at least 4 members (excludes halogenated alkanes) is 1. The lowest BCUT2D eigenvalue weighted by molar-refractivity contribution is -0.144. The molecule has 0 aromatic carbocycles. The molecule has 5 unspecified atom stereocenters. The summed E-state index contributed by atoms with van der Waals surface area (Å²) in [5.41, 5.74) is 16.7. The van der Waals surface area contributed by atoms with E-state index in [0.29, 0.717) is 38.0 Å². The smallest absolute Gasteiger partial charge is 0.326 e. The van der Waals surface area contributed by atoms with E-state index in [1.807, 2.05) is 6.26 Å². The van der Waals surface area contributed by atoms with Gasteiger partial charge in [-0.25, -0.2) is 4.79 Å². The van der Waals surface area contributed by atoms with Crippen molar-refractivity contribution >= 4 is 41.4 Å². The lowest BCUT2D eigenvalue weighted by atomic mass is 9.98. The number of nitrogens with one attached hydrogen (secondary N) is 3. The van der Waals surface area contributed by atoms with Gasteiger partial charge >= 0.3 is 5.97 Å². The average molecular weight is 519 g/mol. The second-order valence-electron chi connectivity index (χ2n) is 8.51. The molecule has 0 aliphatic carbocycles. The Balaban J connectivity index is 5.58. The molecule has 202 valence electrons. The number of primary amides is 1. The standard InChI is InChI=1S/C22H42N6O6S/c1-4-13(2)18(22(33)34)28-21(32)16(8-9-17(25)29)27-20(31)15(7-5-6-11-23)26-19(30)14(24)10-12-35-3/h13-16,18H,4-12,23-24H2,1-3H3,(H2,25,29)(H,26,30)(H,27,31)(H,28,32)(H,33,34). The van der Waals surface area contributed by atoms with Crippen LogP contribution in [0.1, 0.15) is 58.8 Å². The fourth-order valence-electron chi connectivity index (χ4n) is 3.18. The summed E-state index contributed by atoms with van der Waals surface area (Å²) in [6.45, 7) is 3.88. The molecule has 10 N–H and O–H groups in total. The maximum absolute atomic E-state index is 13.1. The van der Waals surface area contributed by atoms with Crippen LogP contribution in [0.3, 0.4) is 0 Å². The van der Waals surface area contributed by atoms with Gasteiger partial charge in [0.15, 0.2) is 0 Å². The quantitative estimate of drug-likeness (QED) is 0.105. The van der Waals surface area contributed by atoms with Crippen molar-refractivity contribution in [1.29, 1.82) is 0 Å². The van der Waals surface area contributed by atoms with Crippen molar-refractivity contribution in [3.05, 3.63) is 0 Å². The third-order valence-corrected chi connectivity index (χ3v) is 6.28. The lowest BCUT2D eigenvalue weighted by Gasteiger charge is -2.26. The molecule has 0 saturated carbocycles. The van der Waals surface area contributed by atoms with Crippen LogP contribution in [-0.2, 0) is 24.0 Å². The van der Waals surface area contributed by atoms with Gasteiger partial charge in [-0.2, -0.15) is 11.8 Å². The first-order chi connectivity index (χ1) is 16.5. The van der Waals surface area contributed by atoms with Crippen molar-refractivity contribution in [3.63, 3.8) is 0 Å². The van der Waals surface area contributed by atoms with Gasteiger partial charge in [-0.05, 0) is 56.6 Å². The number of hydrogen-bond donors (Lipinski definition) is 7. The Labute approximate surface area is 211 Å². The molecule has 0 saturated heterocycles. The van der Waals surface area contributed by atoms with Crippen molar-refractivity contribution in [2.75, 3.05) is 18.6 Å². The largest absolute Gasteiger partial charge is 0.480 e. The summed E-state index contributed by atoms with van der Waals surface area (Å²) < 4.78 is 0. The predicted molar refractivity (Wildman–Crippen MR) is 135 cm³/mol. The minimum Gasteiger partial charge on any atom is -0.480 e. The summed E-state index contributed by atoms with van der Waals surface area (Å²) in [6.07, 6.45) is 3.92. The Kier molecular flexibility index (Phi) is 16.7. The monoisotopic (exact) mass is 518 g/mol. The van der Waals surface area contributed by atoms with Crippen LogP contribution in [0.25, 0.3) is 0 Å². The van der Waals surface area contributed by atoms with Gasteiger partial charge in [0.05, 0.1) is 6.04 Å². The summed E-state index contributed by atoms with van der Waals surface area (Å²) in [6, 6.07) is -4.17. The van der Waals surface area contributed by atoms with Crippen LogP contribution in [0, 0.1) is 5.92 Å². The Morgan fingerprint density at radius 1 is 0.914 bits per heavy atom. The minimum atomic E-state index is -1.22. The van der Waals surface area contributed by atoms with Gasteiger partial charge in [-0.1, -0.05) is 20.3 Å². The van der Waals surface area contributed by atoms with Crippen molar-refractivity contribution in [2.45, 2.75) is 83.0 Å². The SMILES string of the molecule is CCC(C)C(NC(=O)C(CCC(N)=O)NC(=O)C(CCCCN)NC(=O)C(N)CCSC)C(=O)O. The molecule has 0 aromatic heterocycles. The first-order valence-electron chi connectivity index (χ1n) is 11.8. The van der Waals surface area contributed by atoms with E-state index >= 15 is 0 Å². The number of aliphatic carboxylic acids is 1. The van der Waals surface area contributed by atoms with E-state index in [-0.39, 0.29) is 25.2 Å². The number of carbonyl (C=O) groups is 5. The molecular formula is C22H42N6O6S. The summed E-state index contributed by atoms with van der Waals surface area (Å²) in [5.74, 6) is -3.47. The highest BCUT2D eigenvalue weighted by molar-refractivity contribution is 7.98. The number of carboxylic acids is 1. The maximum atomic E-state index is 13.1. The summed E-state index contributed by atoms with van der Waals surface area (Å²) >= 11 is 1.54. The zero-order valence-electron chi connectivity index (χ0n) is 20.9. The highest BCUT2D eigenvalue weighted by atomic mass is 32.2. The number of nitrogens with two attached hydrogens (primary N) is 3. The highest BCUT2D eigenvalue weighted by Crippen LogP contribution is 2.10. The third-order valence-electron chi connectivity index (χ3n) is 5.64. The van der Waals surface area contributed by atoms with Gasteiger partial charge in [0.2, 0.25) is 23.6 Å². The summed E-state index contributed by atoms with van der Waals surface area (Å²) in [7, 11) is 0. The number of carboxylic acid groups (broad SMARTS) is 1. The van der Waals surface area contributed by atoms with Crippen LogP contribution in [0.15, 0.2) is 0 Å². The molecule has 12 nitrogen and oxygen atoms in total. The van der Waals surface area contributed by atoms with Crippen LogP contribution >= 0.6 is 11.8 Å². The number of rotatable bonds is 19. The number of amides is 4. The number of hydrogen-bond acceptors (Lipinski definition) is 8. The second-order valence-corrected chi connectivity index (χ2v) is 9.50. The Morgan fingerprint density at radius 2 is 1.49 bits per heavy atom. The summed E-state index contributed by atoms with van der Waals surface area (Å²) in [5, 5.41) is 17.1. The Morgan fingerprint density at radius 3 is 2.00 bits per heavy atom. The van der Waals surface area contributed by atoms with Crippen molar-refractivity contribution in [2.24, 2.45) is 23.1 Å². The molecule has 0 aromatic rings. The van der Waals surface area contributed by atoms with E-state index in [9.17, 15) is 29.1 Å². The van der Waals surface area contributed by atoms with E-state index in [1.54, 1.807) is 25.6 Å². The molecule has 5 atom stereocenters. The van der Waals surface area contributed by atoms with Gasteiger partial charge in [-0.3, -0.25) is 19.2 Å². The Hall–Kier alpha value is -2.38. The molecule has 0 heterocycles. The van der Waals surface area contributed by atoms with Crippen molar-refractivity contribution < 1.29 is 29.1 Å². The van der Waals surface area contributed by atoms with E-state index < -0.39 is 53.8 Å². The van der Waals surface area contributed by atoms with Gasteiger partial charge in [0.25, 0.3) is 0 Å². The van der Waals surface area contributed by atoms with Crippen molar-refractivity contribution in [3.8, 4) is 0 Å². The average Bonchev–Trinajstić information content (AvgIpc) is 2.81. The maximum Gasteiger partial charge on any atom is 0.326 e. The van der Waals surface area contributed by atoms with E-state index in [0.717, 1.165) is 0 Å². The highest BCUT2D eigenvalue weighted by Gasteiger charge is 2.32. The first kappa shape index (κ1) is 32.6. The molecule has 0 aliphatic rings. The van der Waals surface area contributed by atoms with Crippen LogP contribution in [0.5, 0.6) is 0 Å². The van der Waals surface area contributed by atoms with Crippen molar-refractivity contribution in [1.82, 2.24) is 16.0 Å². The van der Waals surface area contributed by atoms with Crippen LogP contribution < -0.4 is 33.2 Å². The Bertz CT molecular complexity index is 710. The zero-order chi connectivity index (χ0) is 27.0. The second kappa shape index (κ2) is 18.0. The van der Waals surface area contributed by atoms with Crippen LogP contribution in [0.4, 0.5) is 0 Å². The molecular weight excluding hydrogens is 476 g/mol. The van der Waals surface area contributed by atoms with Gasteiger partial charge in [0.1, 0.15) is 18.1 Å². The normalized spacial score (nSPS) is 15.2. The molecule has 0 radical (unpaired) electrons. The van der Waals surface area contributed by atoms with E-state index in [2.05, 4.69) is 16.0 Å². The fraction of sp³-hybridized carbons (Fsp3) is 0.773. The van der Waals surface area contributed by atoms with Crippen LogP contribution in [-0.4, -0.2) is 77.4 Å². The predicted octanol–water partition coefficient (Wildman–Crippen LogP) is -0.954. The number of carbonyl (C=O) groups excluding carboxylic acids is 4. The van der Waals surface area contributed by atoms with Gasteiger partial charge in [0, 0.05) is 6.42 Å². The topological polar surface area (TPSA) is 220 Å². The van der Waals surface area contributed by atoms with Gasteiger partial charge < -0.3 is 38.3 Å². The minimum absolute atomic E-state index is 0.129. The van der Waals surface area contributed by atoms with Crippen LogP contribution in [0.2, 0.25) is 0 Å². The molecule has 35 heavy (non-hydrogen) atoms. The molecule has 0 bridgehead atoms. The third kappa shape index (κ3) is 13.3. The van der Waals surface area contributed by atoms with E-state index in [1.165, 1.54) is 0 Å². The molecule has 0 fully saturated rings. The first-order valence-corrected chi connectivity index (χ1v) is 13.2.